The normalized spacial score (nSPS) is 17.8. The van der Waals surface area contributed by atoms with Crippen LogP contribution in [0.3, 0.4) is 0 Å². The summed E-state index contributed by atoms with van der Waals surface area (Å²) >= 11 is 0. The smallest absolute Gasteiger partial charge is 0.178 e. The lowest BCUT2D eigenvalue weighted by Gasteiger charge is -2.21. The molecule has 0 amide bonds. The van der Waals surface area contributed by atoms with Crippen molar-refractivity contribution in [3.05, 3.63) is 57.8 Å². The van der Waals surface area contributed by atoms with Gasteiger partial charge in [-0.2, -0.15) is 0 Å². The molecule has 2 atom stereocenters. The first kappa shape index (κ1) is 17.7. The first-order chi connectivity index (χ1) is 11.8. The van der Waals surface area contributed by atoms with Crippen LogP contribution in [0.2, 0.25) is 0 Å². The predicted molar refractivity (Wildman–Crippen MR) is 105 cm³/mol. The molecular weight excluding hydrogens is 314 g/mol. The Bertz CT molecular complexity index is 616. The second-order valence-corrected chi connectivity index (χ2v) is 8.63. The van der Waals surface area contributed by atoms with Crippen molar-refractivity contribution in [3.8, 4) is 0 Å². The summed E-state index contributed by atoms with van der Waals surface area (Å²) in [5, 5.41) is 13.0. The van der Waals surface area contributed by atoms with Crippen LogP contribution in [0.5, 0.6) is 0 Å². The Kier molecular flexibility index (Phi) is 6.47. The molecule has 0 spiro atoms. The molecule has 1 aliphatic carbocycles. The number of thiophene rings is 1. The average molecular weight is 345 g/mol. The third kappa shape index (κ3) is 4.47. The molecule has 3 rings (SSSR count). The summed E-state index contributed by atoms with van der Waals surface area (Å²) in [5.41, 5.74) is 2.75. The maximum Gasteiger partial charge on any atom is 0.178 e. The van der Waals surface area contributed by atoms with Crippen molar-refractivity contribution in [2.24, 2.45) is 0 Å². The summed E-state index contributed by atoms with van der Waals surface area (Å²) in [4.78, 5) is 1.46. The summed E-state index contributed by atoms with van der Waals surface area (Å²) in [6, 6.07) is 12.7. The summed E-state index contributed by atoms with van der Waals surface area (Å²) in [6.45, 7) is 3.14. The standard InChI is InChI=1S/C21H30NOS/c1-2-22-24-14-13-20(18-11-7-4-8-12-18)21(24)16-19(23)15-17-9-5-3-6-10-17/h3,5-6,9-10,13-14,18-19,22-23H,2,4,7-8,11-12,15-16H2,1H3/q+1. The predicted octanol–water partition coefficient (Wildman–Crippen LogP) is 5.19. The van der Waals surface area contributed by atoms with Gasteiger partial charge in [-0.15, -0.1) is 4.72 Å². The molecule has 1 saturated carbocycles. The Hall–Kier alpha value is -1.16. The zero-order chi connectivity index (χ0) is 16.8. The molecule has 1 aromatic carbocycles. The van der Waals surface area contributed by atoms with Crippen LogP contribution in [-0.2, 0) is 12.8 Å². The van der Waals surface area contributed by atoms with Gasteiger partial charge in [0.05, 0.1) is 23.2 Å². The lowest BCUT2D eigenvalue weighted by molar-refractivity contribution is 0.176. The van der Waals surface area contributed by atoms with Crippen LogP contribution in [0.15, 0.2) is 41.8 Å². The molecule has 2 aromatic rings. The summed E-state index contributed by atoms with van der Waals surface area (Å²) in [5.74, 6) is 0.713. The van der Waals surface area contributed by atoms with E-state index in [0.29, 0.717) is 5.92 Å². The maximum absolute atomic E-state index is 10.7. The van der Waals surface area contributed by atoms with E-state index >= 15 is 0 Å². The van der Waals surface area contributed by atoms with E-state index < -0.39 is 0 Å². The maximum atomic E-state index is 10.7. The van der Waals surface area contributed by atoms with Gasteiger partial charge in [-0.1, -0.05) is 49.6 Å². The monoisotopic (exact) mass is 344 g/mol. The molecule has 130 valence electrons. The topological polar surface area (TPSA) is 32.3 Å². The van der Waals surface area contributed by atoms with Crippen LogP contribution >= 0.6 is 10.7 Å². The summed E-state index contributed by atoms with van der Waals surface area (Å²) in [6.07, 6.45) is 7.99. The van der Waals surface area contributed by atoms with Crippen molar-refractivity contribution in [2.45, 2.75) is 63.9 Å². The van der Waals surface area contributed by atoms with Crippen molar-refractivity contribution in [1.29, 1.82) is 0 Å². The zero-order valence-corrected chi connectivity index (χ0v) is 15.5. The highest BCUT2D eigenvalue weighted by atomic mass is 32.2. The minimum absolute atomic E-state index is 0.0136. The van der Waals surface area contributed by atoms with Crippen LogP contribution in [0.25, 0.3) is 0 Å². The Balaban J connectivity index is 1.75. The van der Waals surface area contributed by atoms with E-state index in [1.165, 1.54) is 48.1 Å². The number of rotatable bonds is 7. The van der Waals surface area contributed by atoms with Gasteiger partial charge in [-0.25, -0.2) is 0 Å². The molecule has 3 heteroatoms. The van der Waals surface area contributed by atoms with Gasteiger partial charge in [0.15, 0.2) is 10.3 Å². The second kappa shape index (κ2) is 8.80. The third-order valence-corrected chi connectivity index (χ3v) is 6.99. The molecule has 1 aliphatic rings. The van der Waals surface area contributed by atoms with Gasteiger partial charge >= 0.3 is 0 Å². The third-order valence-electron chi connectivity index (χ3n) is 5.05. The Morgan fingerprint density at radius 1 is 1.08 bits per heavy atom. The molecule has 24 heavy (non-hydrogen) atoms. The van der Waals surface area contributed by atoms with E-state index in [-0.39, 0.29) is 16.8 Å². The molecule has 1 heterocycles. The zero-order valence-electron chi connectivity index (χ0n) is 14.7. The number of benzene rings is 1. The van der Waals surface area contributed by atoms with Crippen LogP contribution < -0.4 is 4.72 Å². The Labute approximate surface area is 149 Å². The minimum Gasteiger partial charge on any atom is -0.392 e. The molecule has 1 aromatic heterocycles. The van der Waals surface area contributed by atoms with E-state index in [1.54, 1.807) is 0 Å². The fraction of sp³-hybridized carbons (Fsp3) is 0.524. The van der Waals surface area contributed by atoms with Crippen molar-refractivity contribution >= 4 is 10.7 Å². The SMILES string of the molecule is CCN[s+]1ccc(C2CCCCC2)c1CC(O)Cc1ccccc1. The first-order valence-corrected chi connectivity index (χ1v) is 10.7. The molecule has 0 saturated heterocycles. The number of aliphatic hydroxyl groups excluding tert-OH is 1. The molecule has 2 N–H and O–H groups in total. The van der Waals surface area contributed by atoms with Crippen molar-refractivity contribution in [2.75, 3.05) is 11.3 Å². The Morgan fingerprint density at radius 2 is 1.83 bits per heavy atom. The molecule has 0 aliphatic heterocycles. The van der Waals surface area contributed by atoms with Gasteiger partial charge in [0, 0.05) is 18.2 Å². The lowest BCUT2D eigenvalue weighted by Crippen LogP contribution is -2.16. The number of hydrogen-bond acceptors (Lipinski definition) is 2. The number of nitrogens with one attached hydrogen (secondary N) is 1. The van der Waals surface area contributed by atoms with E-state index in [1.807, 2.05) is 6.07 Å². The highest BCUT2D eigenvalue weighted by Gasteiger charge is 2.28. The van der Waals surface area contributed by atoms with Crippen LogP contribution in [0.1, 0.15) is 60.9 Å². The van der Waals surface area contributed by atoms with E-state index in [9.17, 15) is 5.11 Å². The van der Waals surface area contributed by atoms with E-state index in [0.717, 1.165) is 19.4 Å². The van der Waals surface area contributed by atoms with Gasteiger partial charge in [0.1, 0.15) is 0 Å². The fourth-order valence-corrected chi connectivity index (χ4v) is 5.78. The van der Waals surface area contributed by atoms with Gasteiger partial charge < -0.3 is 5.11 Å². The van der Waals surface area contributed by atoms with Gasteiger partial charge in [0.25, 0.3) is 0 Å². The highest BCUT2D eigenvalue weighted by Crippen LogP contribution is 2.40. The van der Waals surface area contributed by atoms with Gasteiger partial charge in [-0.05, 0) is 37.7 Å². The molecular formula is C21H30NOS+. The molecule has 0 bridgehead atoms. The fourth-order valence-electron chi connectivity index (χ4n) is 3.89. The first-order valence-electron chi connectivity index (χ1n) is 9.37. The lowest BCUT2D eigenvalue weighted by atomic mass is 9.83. The number of hydrogen-bond donors (Lipinski definition) is 2. The van der Waals surface area contributed by atoms with E-state index in [2.05, 4.69) is 47.4 Å². The van der Waals surface area contributed by atoms with Gasteiger partial charge in [0.2, 0.25) is 0 Å². The van der Waals surface area contributed by atoms with Crippen molar-refractivity contribution in [1.82, 2.24) is 0 Å². The van der Waals surface area contributed by atoms with Crippen LogP contribution in [0.4, 0.5) is 0 Å². The average Bonchev–Trinajstić information content (AvgIpc) is 2.99. The van der Waals surface area contributed by atoms with Crippen LogP contribution in [0, 0.1) is 0 Å². The van der Waals surface area contributed by atoms with Crippen molar-refractivity contribution < 1.29 is 5.11 Å². The molecule has 2 nitrogen and oxygen atoms in total. The minimum atomic E-state index is -0.297. The van der Waals surface area contributed by atoms with Gasteiger partial charge in [-0.3, -0.25) is 0 Å². The summed E-state index contributed by atoms with van der Waals surface area (Å²) < 4.78 is 3.60. The molecule has 2 unspecified atom stereocenters. The van der Waals surface area contributed by atoms with Crippen LogP contribution in [-0.4, -0.2) is 17.8 Å². The number of aliphatic hydroxyl groups is 1. The largest absolute Gasteiger partial charge is 0.392 e. The quantitative estimate of drug-likeness (QED) is 0.677. The second-order valence-electron chi connectivity index (χ2n) is 6.90. The van der Waals surface area contributed by atoms with E-state index in [4.69, 9.17) is 0 Å². The Morgan fingerprint density at radius 3 is 2.54 bits per heavy atom. The van der Waals surface area contributed by atoms with Crippen molar-refractivity contribution in [3.63, 3.8) is 0 Å². The molecule has 0 radical (unpaired) electrons. The summed E-state index contributed by atoms with van der Waals surface area (Å²) in [7, 11) is 0.0136. The highest BCUT2D eigenvalue weighted by molar-refractivity contribution is 7.31. The molecule has 1 fully saturated rings.